The first-order chi connectivity index (χ1) is 12.4. The molecule has 0 saturated carbocycles. The van der Waals surface area contributed by atoms with Crippen LogP contribution in [0.2, 0.25) is 0 Å². The lowest BCUT2D eigenvalue weighted by Crippen LogP contribution is -2.18. The van der Waals surface area contributed by atoms with Gasteiger partial charge >= 0.3 is 6.18 Å². The Bertz CT molecular complexity index is 789. The molecular formula is C21H23ClF3NO. The molecule has 146 valence electrons. The van der Waals surface area contributed by atoms with Crippen molar-refractivity contribution >= 4 is 18.5 Å². The lowest BCUT2D eigenvalue weighted by atomic mass is 10.0. The third-order valence-electron chi connectivity index (χ3n) is 4.41. The van der Waals surface area contributed by atoms with E-state index in [0.717, 1.165) is 36.8 Å². The van der Waals surface area contributed by atoms with Gasteiger partial charge in [-0.15, -0.1) is 12.4 Å². The van der Waals surface area contributed by atoms with Crippen LogP contribution in [0, 0.1) is 0 Å². The lowest BCUT2D eigenvalue weighted by molar-refractivity contribution is -0.137. The molecule has 1 aliphatic rings. The van der Waals surface area contributed by atoms with Crippen molar-refractivity contribution in [1.29, 1.82) is 0 Å². The zero-order chi connectivity index (χ0) is 18.6. The van der Waals surface area contributed by atoms with Crippen molar-refractivity contribution in [2.75, 3.05) is 20.2 Å². The van der Waals surface area contributed by atoms with E-state index in [1.54, 1.807) is 12.1 Å². The maximum atomic E-state index is 13.0. The van der Waals surface area contributed by atoms with Gasteiger partial charge in [0.1, 0.15) is 5.75 Å². The van der Waals surface area contributed by atoms with Crippen molar-refractivity contribution in [3.8, 4) is 5.75 Å². The standard InChI is InChI=1S/C21H22F3NO.ClH/c1-25(15-16-10-11-18-8-5-13-26-20(18)14-16)12-4-7-17-6-2-3-9-19(17)21(22,23)24;/h2-4,6-7,9-11,14H,5,8,12-13,15H2,1H3;1H/b7-4+;. The second kappa shape index (κ2) is 9.29. The Balaban J connectivity index is 0.00000261. The number of nitrogens with zero attached hydrogens (tertiary/aromatic N) is 1. The molecule has 2 aromatic rings. The SMILES string of the molecule is CN(C/C=C/c1ccccc1C(F)(F)F)Cc1ccc2c(c1)OCCC2.Cl. The van der Waals surface area contributed by atoms with Gasteiger partial charge in [0.05, 0.1) is 12.2 Å². The van der Waals surface area contributed by atoms with Crippen LogP contribution in [0.5, 0.6) is 5.75 Å². The maximum absolute atomic E-state index is 13.0. The minimum Gasteiger partial charge on any atom is -0.493 e. The van der Waals surface area contributed by atoms with E-state index in [-0.39, 0.29) is 18.0 Å². The number of halogens is 4. The average molecular weight is 398 g/mol. The molecule has 0 atom stereocenters. The molecule has 0 aliphatic carbocycles. The molecule has 0 amide bonds. The van der Waals surface area contributed by atoms with E-state index in [1.165, 1.54) is 23.8 Å². The molecule has 1 heterocycles. The quantitative estimate of drug-likeness (QED) is 0.651. The molecule has 0 aromatic heterocycles. The lowest BCUT2D eigenvalue weighted by Gasteiger charge is -2.20. The molecule has 0 bridgehead atoms. The molecule has 2 aromatic carbocycles. The Morgan fingerprint density at radius 3 is 2.70 bits per heavy atom. The van der Waals surface area contributed by atoms with Gasteiger partial charge in [-0.1, -0.05) is 42.5 Å². The highest BCUT2D eigenvalue weighted by molar-refractivity contribution is 5.85. The number of ether oxygens (including phenoxy) is 1. The summed E-state index contributed by atoms with van der Waals surface area (Å²) in [6, 6.07) is 11.9. The second-order valence-electron chi connectivity index (χ2n) is 6.58. The molecule has 3 rings (SSSR count). The van der Waals surface area contributed by atoms with Gasteiger partial charge in [-0.3, -0.25) is 4.90 Å². The fraction of sp³-hybridized carbons (Fsp3) is 0.333. The van der Waals surface area contributed by atoms with Crippen LogP contribution in [0.4, 0.5) is 13.2 Å². The fourth-order valence-electron chi connectivity index (χ4n) is 3.12. The Hall–Kier alpha value is -1.98. The van der Waals surface area contributed by atoms with E-state index in [1.807, 2.05) is 7.05 Å². The van der Waals surface area contributed by atoms with Crippen LogP contribution >= 0.6 is 12.4 Å². The molecule has 0 unspecified atom stereocenters. The first kappa shape index (κ1) is 21.3. The smallest absolute Gasteiger partial charge is 0.416 e. The number of aryl methyl sites for hydroxylation is 1. The zero-order valence-electron chi connectivity index (χ0n) is 15.1. The maximum Gasteiger partial charge on any atom is 0.416 e. The molecular weight excluding hydrogens is 375 g/mol. The summed E-state index contributed by atoms with van der Waals surface area (Å²) in [5, 5.41) is 0. The molecule has 0 fully saturated rings. The van der Waals surface area contributed by atoms with Crippen molar-refractivity contribution in [2.24, 2.45) is 0 Å². The molecule has 0 spiro atoms. The highest BCUT2D eigenvalue weighted by Crippen LogP contribution is 2.32. The van der Waals surface area contributed by atoms with Crippen LogP contribution in [0.3, 0.4) is 0 Å². The van der Waals surface area contributed by atoms with Crippen LogP contribution in [0.1, 0.15) is 28.7 Å². The van der Waals surface area contributed by atoms with E-state index < -0.39 is 11.7 Å². The minimum atomic E-state index is -4.34. The summed E-state index contributed by atoms with van der Waals surface area (Å²) in [6.07, 6.45) is 1.06. The van der Waals surface area contributed by atoms with E-state index in [0.29, 0.717) is 13.1 Å². The van der Waals surface area contributed by atoms with E-state index in [9.17, 15) is 13.2 Å². The predicted octanol–water partition coefficient (Wildman–Crippen LogP) is 5.60. The van der Waals surface area contributed by atoms with Crippen molar-refractivity contribution in [1.82, 2.24) is 4.90 Å². The van der Waals surface area contributed by atoms with Crippen molar-refractivity contribution in [3.63, 3.8) is 0 Å². The Morgan fingerprint density at radius 2 is 1.93 bits per heavy atom. The summed E-state index contributed by atoms with van der Waals surface area (Å²) in [5.41, 5.74) is 1.96. The largest absolute Gasteiger partial charge is 0.493 e. The number of rotatable bonds is 5. The normalized spacial score (nSPS) is 14.0. The fourth-order valence-corrected chi connectivity index (χ4v) is 3.12. The van der Waals surface area contributed by atoms with Gasteiger partial charge in [0, 0.05) is 13.1 Å². The summed E-state index contributed by atoms with van der Waals surface area (Å²) >= 11 is 0. The number of hydrogen-bond acceptors (Lipinski definition) is 2. The number of fused-ring (bicyclic) bond motifs is 1. The highest BCUT2D eigenvalue weighted by Gasteiger charge is 2.32. The first-order valence-corrected chi connectivity index (χ1v) is 8.69. The molecule has 6 heteroatoms. The van der Waals surface area contributed by atoms with Gasteiger partial charge in [-0.05, 0) is 48.7 Å². The number of hydrogen-bond donors (Lipinski definition) is 0. The summed E-state index contributed by atoms with van der Waals surface area (Å²) < 4.78 is 44.7. The summed E-state index contributed by atoms with van der Waals surface area (Å²) in [6.45, 7) is 2.03. The van der Waals surface area contributed by atoms with Gasteiger partial charge in [-0.2, -0.15) is 13.2 Å². The Labute approximate surface area is 164 Å². The Morgan fingerprint density at radius 1 is 1.15 bits per heavy atom. The van der Waals surface area contributed by atoms with Crippen LogP contribution in [-0.2, 0) is 19.1 Å². The van der Waals surface area contributed by atoms with Gasteiger partial charge in [0.25, 0.3) is 0 Å². The van der Waals surface area contributed by atoms with Gasteiger partial charge in [-0.25, -0.2) is 0 Å². The third-order valence-corrected chi connectivity index (χ3v) is 4.41. The first-order valence-electron chi connectivity index (χ1n) is 8.69. The van der Waals surface area contributed by atoms with Crippen LogP contribution < -0.4 is 4.74 Å². The topological polar surface area (TPSA) is 12.5 Å². The van der Waals surface area contributed by atoms with E-state index in [4.69, 9.17) is 4.74 Å². The van der Waals surface area contributed by atoms with Crippen molar-refractivity contribution in [3.05, 3.63) is 70.8 Å². The summed E-state index contributed by atoms with van der Waals surface area (Å²) in [4.78, 5) is 2.05. The number of benzene rings is 2. The number of alkyl halides is 3. The van der Waals surface area contributed by atoms with Crippen LogP contribution in [0.25, 0.3) is 6.08 Å². The van der Waals surface area contributed by atoms with Gasteiger partial charge in [0.2, 0.25) is 0 Å². The van der Waals surface area contributed by atoms with E-state index >= 15 is 0 Å². The molecule has 27 heavy (non-hydrogen) atoms. The summed E-state index contributed by atoms with van der Waals surface area (Å²) in [5.74, 6) is 0.955. The second-order valence-corrected chi connectivity index (χ2v) is 6.58. The molecule has 0 N–H and O–H groups in total. The molecule has 0 radical (unpaired) electrons. The van der Waals surface area contributed by atoms with Gasteiger partial charge < -0.3 is 4.74 Å². The van der Waals surface area contributed by atoms with Crippen LogP contribution in [0.15, 0.2) is 48.5 Å². The molecule has 2 nitrogen and oxygen atoms in total. The monoisotopic (exact) mass is 397 g/mol. The van der Waals surface area contributed by atoms with Crippen LogP contribution in [-0.4, -0.2) is 25.1 Å². The molecule has 1 aliphatic heterocycles. The minimum absolute atomic E-state index is 0. The summed E-state index contributed by atoms with van der Waals surface area (Å²) in [7, 11) is 1.94. The predicted molar refractivity (Wildman–Crippen MR) is 104 cm³/mol. The van der Waals surface area contributed by atoms with Crippen molar-refractivity contribution < 1.29 is 17.9 Å². The molecule has 0 saturated heterocycles. The number of likely N-dealkylation sites (N-methyl/N-ethyl adjacent to an activating group) is 1. The van der Waals surface area contributed by atoms with E-state index in [2.05, 4.69) is 23.1 Å². The average Bonchev–Trinajstić information content (AvgIpc) is 2.61. The Kier molecular flexibility index (Phi) is 7.33. The zero-order valence-corrected chi connectivity index (χ0v) is 15.9. The highest BCUT2D eigenvalue weighted by atomic mass is 35.5. The third kappa shape index (κ3) is 5.75. The van der Waals surface area contributed by atoms with Gasteiger partial charge in [0.15, 0.2) is 0 Å². The van der Waals surface area contributed by atoms with Crippen molar-refractivity contribution in [2.45, 2.75) is 25.6 Å².